The maximum absolute atomic E-state index is 12.3. The van der Waals surface area contributed by atoms with Gasteiger partial charge < -0.3 is 15.7 Å². The molecule has 102 valence electrons. The standard InChI is InChI=1S/C15H20N2O2/c18-14-9-16-7-11(14)8-17-15(19)13-6-5-10-3-1-2-4-12(10)13/h1-4,11,13-14,16,18H,5-9H2,(H,17,19). The molecule has 1 saturated heterocycles. The molecule has 4 heteroatoms. The minimum atomic E-state index is -0.337. The maximum atomic E-state index is 12.3. The zero-order valence-electron chi connectivity index (χ0n) is 10.9. The number of rotatable bonds is 3. The highest BCUT2D eigenvalue weighted by molar-refractivity contribution is 5.84. The van der Waals surface area contributed by atoms with Crippen LogP contribution in [-0.2, 0) is 11.2 Å². The van der Waals surface area contributed by atoms with Gasteiger partial charge in [0.25, 0.3) is 0 Å². The van der Waals surface area contributed by atoms with Crippen molar-refractivity contribution in [1.29, 1.82) is 0 Å². The van der Waals surface area contributed by atoms with Crippen LogP contribution in [-0.4, -0.2) is 36.8 Å². The summed E-state index contributed by atoms with van der Waals surface area (Å²) in [5.41, 5.74) is 2.47. The summed E-state index contributed by atoms with van der Waals surface area (Å²) < 4.78 is 0. The first-order valence-electron chi connectivity index (χ1n) is 7.00. The molecule has 1 aliphatic heterocycles. The lowest BCUT2D eigenvalue weighted by atomic mass is 10.00. The van der Waals surface area contributed by atoms with E-state index in [9.17, 15) is 9.90 Å². The number of carbonyl (C=O) groups excluding carboxylic acids is 1. The van der Waals surface area contributed by atoms with Gasteiger partial charge in [0.1, 0.15) is 0 Å². The van der Waals surface area contributed by atoms with Crippen molar-refractivity contribution >= 4 is 5.91 Å². The van der Waals surface area contributed by atoms with Gasteiger partial charge in [-0.25, -0.2) is 0 Å². The van der Waals surface area contributed by atoms with E-state index in [1.807, 2.05) is 12.1 Å². The lowest BCUT2D eigenvalue weighted by Crippen LogP contribution is -2.36. The van der Waals surface area contributed by atoms with Crippen molar-refractivity contribution in [3.05, 3.63) is 35.4 Å². The van der Waals surface area contributed by atoms with Crippen molar-refractivity contribution in [2.45, 2.75) is 24.9 Å². The second kappa shape index (κ2) is 5.31. The normalized spacial score (nSPS) is 29.2. The summed E-state index contributed by atoms with van der Waals surface area (Å²) in [5.74, 6) is 0.229. The Kier molecular flexibility index (Phi) is 3.53. The smallest absolute Gasteiger partial charge is 0.227 e. The molecule has 3 unspecified atom stereocenters. The fourth-order valence-corrected chi connectivity index (χ4v) is 3.11. The molecular weight excluding hydrogens is 240 g/mol. The number of aliphatic hydroxyl groups excluding tert-OH is 1. The Bertz CT molecular complexity index is 475. The molecular formula is C15H20N2O2. The number of amides is 1. The molecule has 1 aromatic carbocycles. The molecule has 0 aromatic heterocycles. The van der Waals surface area contributed by atoms with Gasteiger partial charge in [-0.05, 0) is 24.0 Å². The quantitative estimate of drug-likeness (QED) is 0.738. The van der Waals surface area contributed by atoms with E-state index in [1.54, 1.807) is 0 Å². The van der Waals surface area contributed by atoms with Crippen LogP contribution in [0, 0.1) is 5.92 Å². The van der Waals surface area contributed by atoms with E-state index in [-0.39, 0.29) is 23.8 Å². The Morgan fingerprint density at radius 2 is 2.21 bits per heavy atom. The first-order valence-corrected chi connectivity index (χ1v) is 7.00. The SMILES string of the molecule is O=C(NCC1CNCC1O)C1CCc2ccccc21. The molecule has 0 spiro atoms. The molecule has 4 nitrogen and oxygen atoms in total. The van der Waals surface area contributed by atoms with E-state index < -0.39 is 0 Å². The van der Waals surface area contributed by atoms with Crippen LogP contribution in [0.4, 0.5) is 0 Å². The van der Waals surface area contributed by atoms with E-state index in [1.165, 1.54) is 11.1 Å². The molecule has 1 fully saturated rings. The largest absolute Gasteiger partial charge is 0.391 e. The second-order valence-electron chi connectivity index (χ2n) is 5.52. The average Bonchev–Trinajstić information content (AvgIpc) is 3.02. The molecule has 0 saturated carbocycles. The van der Waals surface area contributed by atoms with E-state index in [0.29, 0.717) is 13.1 Å². The van der Waals surface area contributed by atoms with Crippen LogP contribution < -0.4 is 10.6 Å². The van der Waals surface area contributed by atoms with E-state index >= 15 is 0 Å². The number of aliphatic hydroxyl groups is 1. The summed E-state index contributed by atoms with van der Waals surface area (Å²) in [4.78, 5) is 12.3. The van der Waals surface area contributed by atoms with Gasteiger partial charge >= 0.3 is 0 Å². The first kappa shape index (κ1) is 12.6. The lowest BCUT2D eigenvalue weighted by molar-refractivity contribution is -0.122. The van der Waals surface area contributed by atoms with Gasteiger partial charge in [-0.15, -0.1) is 0 Å². The molecule has 3 N–H and O–H groups in total. The van der Waals surface area contributed by atoms with Gasteiger partial charge in [0.15, 0.2) is 0 Å². The third-order valence-electron chi connectivity index (χ3n) is 4.29. The van der Waals surface area contributed by atoms with E-state index in [0.717, 1.165) is 19.4 Å². The summed E-state index contributed by atoms with van der Waals surface area (Å²) in [5, 5.41) is 15.8. The van der Waals surface area contributed by atoms with Crippen molar-refractivity contribution in [1.82, 2.24) is 10.6 Å². The van der Waals surface area contributed by atoms with Crippen molar-refractivity contribution in [2.75, 3.05) is 19.6 Å². The zero-order valence-corrected chi connectivity index (χ0v) is 10.9. The number of aryl methyl sites for hydroxylation is 1. The van der Waals surface area contributed by atoms with Crippen LogP contribution in [0.3, 0.4) is 0 Å². The van der Waals surface area contributed by atoms with Crippen LogP contribution in [0.15, 0.2) is 24.3 Å². The van der Waals surface area contributed by atoms with Crippen LogP contribution in [0.2, 0.25) is 0 Å². The van der Waals surface area contributed by atoms with E-state index in [4.69, 9.17) is 0 Å². The van der Waals surface area contributed by atoms with Crippen molar-refractivity contribution < 1.29 is 9.90 Å². The van der Waals surface area contributed by atoms with Crippen molar-refractivity contribution in [3.8, 4) is 0 Å². The van der Waals surface area contributed by atoms with Crippen molar-refractivity contribution in [2.24, 2.45) is 5.92 Å². The Balaban J connectivity index is 1.60. The minimum Gasteiger partial charge on any atom is -0.391 e. The number of fused-ring (bicyclic) bond motifs is 1. The Hall–Kier alpha value is -1.39. The van der Waals surface area contributed by atoms with Gasteiger partial charge in [0.05, 0.1) is 12.0 Å². The number of benzene rings is 1. The average molecular weight is 260 g/mol. The van der Waals surface area contributed by atoms with Crippen molar-refractivity contribution in [3.63, 3.8) is 0 Å². The number of hydrogen-bond donors (Lipinski definition) is 3. The topological polar surface area (TPSA) is 61.4 Å². The predicted octanol–water partition coefficient (Wildman–Crippen LogP) is 0.413. The monoisotopic (exact) mass is 260 g/mol. The molecule has 3 atom stereocenters. The molecule has 3 rings (SSSR count). The predicted molar refractivity (Wildman–Crippen MR) is 72.9 cm³/mol. The Morgan fingerprint density at radius 1 is 1.37 bits per heavy atom. The maximum Gasteiger partial charge on any atom is 0.227 e. The Labute approximate surface area is 113 Å². The van der Waals surface area contributed by atoms with Gasteiger partial charge in [0, 0.05) is 25.6 Å². The van der Waals surface area contributed by atoms with Crippen LogP contribution in [0.1, 0.15) is 23.5 Å². The van der Waals surface area contributed by atoms with Crippen LogP contribution in [0.5, 0.6) is 0 Å². The van der Waals surface area contributed by atoms with Gasteiger partial charge in [0.2, 0.25) is 5.91 Å². The number of hydrogen-bond acceptors (Lipinski definition) is 3. The highest BCUT2D eigenvalue weighted by atomic mass is 16.3. The molecule has 1 aliphatic carbocycles. The summed E-state index contributed by atoms with van der Waals surface area (Å²) in [6.07, 6.45) is 1.55. The molecule has 1 amide bonds. The highest BCUT2D eigenvalue weighted by Gasteiger charge is 2.30. The summed E-state index contributed by atoms with van der Waals surface area (Å²) in [6.45, 7) is 1.97. The number of carbonyl (C=O) groups is 1. The molecule has 1 heterocycles. The first-order chi connectivity index (χ1) is 9.25. The fraction of sp³-hybridized carbons (Fsp3) is 0.533. The molecule has 1 aromatic rings. The van der Waals surface area contributed by atoms with Gasteiger partial charge in [-0.1, -0.05) is 24.3 Å². The zero-order chi connectivity index (χ0) is 13.2. The molecule has 19 heavy (non-hydrogen) atoms. The summed E-state index contributed by atoms with van der Waals surface area (Å²) in [7, 11) is 0. The third-order valence-corrected chi connectivity index (χ3v) is 4.29. The summed E-state index contributed by atoms with van der Waals surface area (Å²) >= 11 is 0. The lowest BCUT2D eigenvalue weighted by Gasteiger charge is -2.17. The molecule has 0 bridgehead atoms. The number of β-amino-alcohol motifs (C(OH)–C–C–N with tert-alkyl or cyclic N) is 1. The Morgan fingerprint density at radius 3 is 3.00 bits per heavy atom. The molecule has 0 radical (unpaired) electrons. The van der Waals surface area contributed by atoms with Gasteiger partial charge in [-0.2, -0.15) is 0 Å². The third kappa shape index (κ3) is 2.51. The summed E-state index contributed by atoms with van der Waals surface area (Å²) in [6, 6.07) is 8.18. The van der Waals surface area contributed by atoms with E-state index in [2.05, 4.69) is 22.8 Å². The van der Waals surface area contributed by atoms with Crippen LogP contribution in [0.25, 0.3) is 0 Å². The number of nitrogens with one attached hydrogen (secondary N) is 2. The highest BCUT2D eigenvalue weighted by Crippen LogP contribution is 2.32. The van der Waals surface area contributed by atoms with Gasteiger partial charge in [-0.3, -0.25) is 4.79 Å². The minimum absolute atomic E-state index is 0.0114. The van der Waals surface area contributed by atoms with Crippen LogP contribution >= 0.6 is 0 Å². The molecule has 2 aliphatic rings. The fourth-order valence-electron chi connectivity index (χ4n) is 3.11. The second-order valence-corrected chi connectivity index (χ2v) is 5.52.